The zero-order valence-corrected chi connectivity index (χ0v) is 10.8. The molecule has 0 aromatic heterocycles. The molecule has 1 aromatic rings. The zero-order valence-electron chi connectivity index (χ0n) is 10.8. The van der Waals surface area contributed by atoms with Crippen molar-refractivity contribution in [2.24, 2.45) is 11.7 Å². The average molecular weight is 232 g/mol. The topological polar surface area (TPSA) is 38.0 Å². The number of benzene rings is 1. The maximum absolute atomic E-state index is 6.76. The second-order valence-corrected chi connectivity index (χ2v) is 5.20. The standard InChI is InChI=1S/C15H24N2/c1-2-10-15(16,13-7-4-3-5-8-13)14-9-6-11-17-12-14/h3-5,7-8,14,17H,2,6,9-12,16H2,1H3. The second-order valence-electron chi connectivity index (χ2n) is 5.20. The maximum Gasteiger partial charge on any atom is 0.0450 e. The number of nitrogens with two attached hydrogens (primary N) is 1. The lowest BCUT2D eigenvalue weighted by Crippen LogP contribution is -2.50. The highest BCUT2D eigenvalue weighted by atomic mass is 14.9. The van der Waals surface area contributed by atoms with E-state index in [1.54, 1.807) is 0 Å². The van der Waals surface area contributed by atoms with Gasteiger partial charge in [-0.3, -0.25) is 0 Å². The third-order valence-electron chi connectivity index (χ3n) is 4.00. The van der Waals surface area contributed by atoms with Crippen LogP contribution in [0.15, 0.2) is 30.3 Å². The monoisotopic (exact) mass is 232 g/mol. The molecule has 94 valence electrons. The van der Waals surface area contributed by atoms with Gasteiger partial charge in [0.05, 0.1) is 0 Å². The fraction of sp³-hybridized carbons (Fsp3) is 0.600. The van der Waals surface area contributed by atoms with Crippen molar-refractivity contribution in [3.8, 4) is 0 Å². The smallest absolute Gasteiger partial charge is 0.0450 e. The second kappa shape index (κ2) is 5.65. The summed E-state index contributed by atoms with van der Waals surface area (Å²) >= 11 is 0. The normalized spacial score (nSPS) is 24.2. The first-order valence-electron chi connectivity index (χ1n) is 6.82. The van der Waals surface area contributed by atoms with Crippen LogP contribution in [0.1, 0.15) is 38.2 Å². The predicted molar refractivity (Wildman–Crippen MR) is 72.8 cm³/mol. The van der Waals surface area contributed by atoms with Gasteiger partial charge in [0.15, 0.2) is 0 Å². The Labute approximate surface area is 105 Å². The molecule has 0 spiro atoms. The van der Waals surface area contributed by atoms with Gasteiger partial charge in [-0.1, -0.05) is 43.7 Å². The van der Waals surface area contributed by atoms with E-state index in [1.165, 1.54) is 18.4 Å². The molecular formula is C15H24N2. The summed E-state index contributed by atoms with van der Waals surface area (Å²) in [6, 6.07) is 10.6. The predicted octanol–water partition coefficient (Wildman–Crippen LogP) is 2.64. The number of rotatable bonds is 4. The highest BCUT2D eigenvalue weighted by Crippen LogP contribution is 2.35. The quantitative estimate of drug-likeness (QED) is 0.837. The lowest BCUT2D eigenvalue weighted by atomic mass is 9.73. The molecule has 0 saturated carbocycles. The Balaban J connectivity index is 2.24. The first-order valence-corrected chi connectivity index (χ1v) is 6.82. The average Bonchev–Trinajstić information content (AvgIpc) is 2.41. The molecule has 1 heterocycles. The van der Waals surface area contributed by atoms with Gasteiger partial charge >= 0.3 is 0 Å². The van der Waals surface area contributed by atoms with Crippen molar-refractivity contribution in [2.45, 2.75) is 38.1 Å². The van der Waals surface area contributed by atoms with Crippen LogP contribution in [0.2, 0.25) is 0 Å². The van der Waals surface area contributed by atoms with Gasteiger partial charge in [-0.05, 0) is 37.3 Å². The van der Waals surface area contributed by atoms with E-state index in [9.17, 15) is 0 Å². The van der Waals surface area contributed by atoms with E-state index in [4.69, 9.17) is 5.73 Å². The summed E-state index contributed by atoms with van der Waals surface area (Å²) in [4.78, 5) is 0. The minimum atomic E-state index is -0.149. The third kappa shape index (κ3) is 2.70. The molecule has 2 unspecified atom stereocenters. The van der Waals surface area contributed by atoms with Gasteiger partial charge in [0, 0.05) is 12.1 Å². The summed E-state index contributed by atoms with van der Waals surface area (Å²) in [6.07, 6.45) is 4.71. The molecule has 1 aliphatic heterocycles. The van der Waals surface area contributed by atoms with Crippen LogP contribution in [0.4, 0.5) is 0 Å². The van der Waals surface area contributed by atoms with Crippen molar-refractivity contribution >= 4 is 0 Å². The van der Waals surface area contributed by atoms with Crippen LogP contribution < -0.4 is 11.1 Å². The van der Waals surface area contributed by atoms with Gasteiger partial charge in [0.1, 0.15) is 0 Å². The lowest BCUT2D eigenvalue weighted by molar-refractivity contribution is 0.205. The van der Waals surface area contributed by atoms with Crippen LogP contribution in [-0.4, -0.2) is 13.1 Å². The SMILES string of the molecule is CCCC(N)(c1ccccc1)C1CCCNC1. The number of nitrogens with one attached hydrogen (secondary N) is 1. The molecule has 1 aromatic carbocycles. The van der Waals surface area contributed by atoms with E-state index in [2.05, 4.69) is 42.6 Å². The molecule has 2 rings (SSSR count). The van der Waals surface area contributed by atoms with Crippen LogP contribution >= 0.6 is 0 Å². The van der Waals surface area contributed by atoms with Crippen LogP contribution in [0.25, 0.3) is 0 Å². The molecule has 1 aliphatic rings. The Morgan fingerprint density at radius 2 is 2.12 bits per heavy atom. The van der Waals surface area contributed by atoms with Gasteiger partial charge in [0.2, 0.25) is 0 Å². The number of piperidine rings is 1. The summed E-state index contributed by atoms with van der Waals surface area (Å²) in [7, 11) is 0. The van der Waals surface area contributed by atoms with Crippen molar-refractivity contribution in [2.75, 3.05) is 13.1 Å². The van der Waals surface area contributed by atoms with E-state index in [0.29, 0.717) is 5.92 Å². The molecule has 2 heteroatoms. The highest BCUT2D eigenvalue weighted by Gasteiger charge is 2.36. The molecule has 3 N–H and O–H groups in total. The molecule has 0 radical (unpaired) electrons. The molecule has 0 bridgehead atoms. The molecule has 17 heavy (non-hydrogen) atoms. The molecule has 0 amide bonds. The van der Waals surface area contributed by atoms with E-state index in [1.807, 2.05) is 0 Å². The van der Waals surface area contributed by atoms with Crippen molar-refractivity contribution in [3.05, 3.63) is 35.9 Å². The van der Waals surface area contributed by atoms with Crippen LogP contribution in [0.5, 0.6) is 0 Å². The summed E-state index contributed by atoms with van der Waals surface area (Å²) in [5.74, 6) is 0.568. The summed E-state index contributed by atoms with van der Waals surface area (Å²) in [5, 5.41) is 3.49. The summed E-state index contributed by atoms with van der Waals surface area (Å²) < 4.78 is 0. The Hall–Kier alpha value is -0.860. The van der Waals surface area contributed by atoms with Gasteiger partial charge in [-0.15, -0.1) is 0 Å². The lowest BCUT2D eigenvalue weighted by Gasteiger charge is -2.40. The number of hydrogen-bond acceptors (Lipinski definition) is 2. The molecule has 0 aliphatic carbocycles. The molecule has 2 atom stereocenters. The van der Waals surface area contributed by atoms with E-state index < -0.39 is 0 Å². The van der Waals surface area contributed by atoms with Crippen LogP contribution in [-0.2, 0) is 5.54 Å². The van der Waals surface area contributed by atoms with E-state index >= 15 is 0 Å². The van der Waals surface area contributed by atoms with Gasteiger partial charge < -0.3 is 11.1 Å². The van der Waals surface area contributed by atoms with Gasteiger partial charge in [-0.2, -0.15) is 0 Å². The molecular weight excluding hydrogens is 208 g/mol. The first kappa shape index (κ1) is 12.6. The maximum atomic E-state index is 6.76. The molecule has 2 nitrogen and oxygen atoms in total. The Kier molecular flexibility index (Phi) is 4.19. The van der Waals surface area contributed by atoms with Crippen molar-refractivity contribution in [1.82, 2.24) is 5.32 Å². The minimum absolute atomic E-state index is 0.149. The fourth-order valence-corrected chi connectivity index (χ4v) is 3.04. The van der Waals surface area contributed by atoms with Crippen molar-refractivity contribution in [3.63, 3.8) is 0 Å². The Morgan fingerprint density at radius 1 is 1.35 bits per heavy atom. The van der Waals surface area contributed by atoms with Gasteiger partial charge in [0.25, 0.3) is 0 Å². The summed E-state index contributed by atoms with van der Waals surface area (Å²) in [5.41, 5.74) is 7.92. The third-order valence-corrected chi connectivity index (χ3v) is 4.00. The van der Waals surface area contributed by atoms with Crippen LogP contribution in [0, 0.1) is 5.92 Å². The van der Waals surface area contributed by atoms with Gasteiger partial charge in [-0.25, -0.2) is 0 Å². The molecule has 1 fully saturated rings. The highest BCUT2D eigenvalue weighted by molar-refractivity contribution is 5.25. The summed E-state index contributed by atoms with van der Waals surface area (Å²) in [6.45, 7) is 4.43. The minimum Gasteiger partial charge on any atom is -0.321 e. The fourth-order valence-electron chi connectivity index (χ4n) is 3.04. The Bertz CT molecular complexity index is 330. The first-order chi connectivity index (χ1) is 8.27. The van der Waals surface area contributed by atoms with Crippen molar-refractivity contribution < 1.29 is 0 Å². The van der Waals surface area contributed by atoms with Crippen molar-refractivity contribution in [1.29, 1.82) is 0 Å². The zero-order chi connectivity index (χ0) is 12.1. The van der Waals surface area contributed by atoms with Crippen LogP contribution in [0.3, 0.4) is 0 Å². The molecule has 1 saturated heterocycles. The number of hydrogen-bond donors (Lipinski definition) is 2. The Morgan fingerprint density at radius 3 is 2.71 bits per heavy atom. The van der Waals surface area contributed by atoms with E-state index in [0.717, 1.165) is 25.9 Å². The largest absolute Gasteiger partial charge is 0.321 e. The van der Waals surface area contributed by atoms with E-state index in [-0.39, 0.29) is 5.54 Å².